The first kappa shape index (κ1) is 11.9. The normalized spacial score (nSPS) is 18.8. The molecule has 1 aliphatic rings. The number of hydrogen-bond acceptors (Lipinski definition) is 3. The van der Waals surface area contributed by atoms with Gasteiger partial charge >= 0.3 is 0 Å². The first-order valence-electron chi connectivity index (χ1n) is 5.79. The fourth-order valence-electron chi connectivity index (χ4n) is 2.45. The summed E-state index contributed by atoms with van der Waals surface area (Å²) in [4.78, 5) is 0. The molecule has 1 aromatic rings. The van der Waals surface area contributed by atoms with Gasteiger partial charge in [-0.15, -0.1) is 0 Å². The van der Waals surface area contributed by atoms with Gasteiger partial charge in [0.25, 0.3) is 0 Å². The molecule has 0 bridgehead atoms. The van der Waals surface area contributed by atoms with Crippen LogP contribution in [0.1, 0.15) is 30.4 Å². The fourth-order valence-corrected chi connectivity index (χ4v) is 2.45. The van der Waals surface area contributed by atoms with Crippen LogP contribution in [0, 0.1) is 0 Å². The quantitative estimate of drug-likeness (QED) is 0.361. The second kappa shape index (κ2) is 4.75. The minimum atomic E-state index is 0.144. The lowest BCUT2D eigenvalue weighted by Gasteiger charge is -2.42. The van der Waals surface area contributed by atoms with Crippen molar-refractivity contribution in [2.45, 2.75) is 24.7 Å². The number of benzene rings is 1. The summed E-state index contributed by atoms with van der Waals surface area (Å²) >= 11 is 0. The molecule has 2 rings (SSSR count). The second-order valence-corrected chi connectivity index (χ2v) is 4.63. The van der Waals surface area contributed by atoms with E-state index >= 15 is 0 Å². The Labute approximate surface area is 101 Å². The van der Waals surface area contributed by atoms with E-state index in [-0.39, 0.29) is 11.3 Å². The molecule has 0 amide bonds. The molecule has 17 heavy (non-hydrogen) atoms. The van der Waals surface area contributed by atoms with E-state index < -0.39 is 0 Å². The summed E-state index contributed by atoms with van der Waals surface area (Å²) in [6.45, 7) is 0.760. The molecule has 4 heteroatoms. The topological polar surface area (TPSA) is 67.8 Å². The Balaban J connectivity index is 2.22. The van der Waals surface area contributed by atoms with Crippen LogP contribution < -0.4 is 5.73 Å². The minimum Gasteiger partial charge on any atom is -0.409 e. The van der Waals surface area contributed by atoms with Gasteiger partial charge in [-0.05, 0) is 18.4 Å². The number of nitrogens with two attached hydrogens (primary N) is 1. The summed E-state index contributed by atoms with van der Waals surface area (Å²) in [5.74, 6) is 0.144. The number of hydrogen-bond donors (Lipinski definition) is 2. The maximum Gasteiger partial charge on any atom is 0.170 e. The van der Waals surface area contributed by atoms with Crippen molar-refractivity contribution >= 4 is 5.84 Å². The lowest BCUT2D eigenvalue weighted by atomic mass is 9.65. The van der Waals surface area contributed by atoms with Crippen molar-refractivity contribution in [3.8, 4) is 0 Å². The Morgan fingerprint density at radius 2 is 2.06 bits per heavy atom. The summed E-state index contributed by atoms with van der Waals surface area (Å²) in [5.41, 5.74) is 7.73. The molecule has 1 fully saturated rings. The molecule has 1 aromatic carbocycles. The third kappa shape index (κ3) is 2.13. The Kier molecular flexibility index (Phi) is 3.33. The average Bonchev–Trinajstić information content (AvgIpc) is 2.33. The highest BCUT2D eigenvalue weighted by Crippen LogP contribution is 2.43. The van der Waals surface area contributed by atoms with Gasteiger partial charge in [-0.25, -0.2) is 0 Å². The molecule has 0 heterocycles. The smallest absolute Gasteiger partial charge is 0.170 e. The maximum atomic E-state index is 8.60. The number of rotatable bonds is 4. The van der Waals surface area contributed by atoms with E-state index in [1.54, 1.807) is 7.11 Å². The molecule has 3 N–H and O–H groups in total. The first-order chi connectivity index (χ1) is 8.22. The average molecular weight is 234 g/mol. The second-order valence-electron chi connectivity index (χ2n) is 4.63. The summed E-state index contributed by atoms with van der Waals surface area (Å²) < 4.78 is 5.31. The maximum absolute atomic E-state index is 8.60. The van der Waals surface area contributed by atoms with Crippen LogP contribution in [-0.4, -0.2) is 24.8 Å². The number of oxime groups is 1. The van der Waals surface area contributed by atoms with Gasteiger partial charge < -0.3 is 15.7 Å². The minimum absolute atomic E-state index is 0.144. The molecule has 0 atom stereocenters. The highest BCUT2D eigenvalue weighted by atomic mass is 16.5. The molecule has 1 saturated carbocycles. The van der Waals surface area contributed by atoms with Crippen molar-refractivity contribution in [3.05, 3.63) is 35.4 Å². The third-order valence-corrected chi connectivity index (χ3v) is 3.63. The molecule has 0 spiro atoms. The fraction of sp³-hybridized carbons (Fsp3) is 0.462. The monoisotopic (exact) mass is 234 g/mol. The molecule has 0 unspecified atom stereocenters. The zero-order chi connectivity index (χ0) is 12.3. The number of ether oxygens (including phenoxy) is 1. The van der Waals surface area contributed by atoms with Gasteiger partial charge in [0, 0.05) is 18.1 Å². The molecule has 0 aromatic heterocycles. The Hall–Kier alpha value is -1.55. The van der Waals surface area contributed by atoms with Crippen molar-refractivity contribution in [1.29, 1.82) is 0 Å². The molecule has 4 nitrogen and oxygen atoms in total. The molecule has 92 valence electrons. The van der Waals surface area contributed by atoms with Crippen LogP contribution >= 0.6 is 0 Å². The Morgan fingerprint density at radius 1 is 1.41 bits per heavy atom. The molecular formula is C13H18N2O2. The summed E-state index contributed by atoms with van der Waals surface area (Å²) in [6, 6.07) is 7.87. The standard InChI is InChI=1S/C13H18N2O2/c1-17-9-13(7-2-8-13)11-5-3-10(4-6-11)12(14)15-16/h3-6,16H,2,7-9H2,1H3,(H2,14,15). The van der Waals surface area contributed by atoms with Crippen LogP contribution in [0.25, 0.3) is 0 Å². The predicted octanol–water partition coefficient (Wildman–Crippen LogP) is 1.85. The molecule has 1 aliphatic carbocycles. The van der Waals surface area contributed by atoms with E-state index in [2.05, 4.69) is 5.16 Å². The third-order valence-electron chi connectivity index (χ3n) is 3.63. The summed E-state index contributed by atoms with van der Waals surface area (Å²) in [6.07, 6.45) is 3.60. The van der Waals surface area contributed by atoms with Gasteiger partial charge in [0.05, 0.1) is 6.61 Å². The van der Waals surface area contributed by atoms with Crippen LogP contribution in [-0.2, 0) is 10.2 Å². The van der Waals surface area contributed by atoms with Crippen molar-refractivity contribution in [2.75, 3.05) is 13.7 Å². The molecular weight excluding hydrogens is 216 g/mol. The zero-order valence-corrected chi connectivity index (χ0v) is 10.0. The highest BCUT2D eigenvalue weighted by molar-refractivity contribution is 5.96. The van der Waals surface area contributed by atoms with Gasteiger partial charge in [0.2, 0.25) is 0 Å². The van der Waals surface area contributed by atoms with Crippen LogP contribution in [0.3, 0.4) is 0 Å². The summed E-state index contributed by atoms with van der Waals surface area (Å²) in [7, 11) is 1.74. The van der Waals surface area contributed by atoms with Crippen molar-refractivity contribution < 1.29 is 9.94 Å². The SMILES string of the molecule is COCC1(c2ccc(C(N)=NO)cc2)CCC1. The molecule has 0 radical (unpaired) electrons. The van der Waals surface area contributed by atoms with Gasteiger partial charge in [-0.1, -0.05) is 35.8 Å². The molecule has 0 saturated heterocycles. The van der Waals surface area contributed by atoms with Gasteiger partial charge in [-0.3, -0.25) is 0 Å². The van der Waals surface area contributed by atoms with Crippen LogP contribution in [0.15, 0.2) is 29.4 Å². The predicted molar refractivity (Wildman–Crippen MR) is 66.4 cm³/mol. The van der Waals surface area contributed by atoms with Crippen molar-refractivity contribution in [3.63, 3.8) is 0 Å². The Morgan fingerprint density at radius 3 is 2.47 bits per heavy atom. The van der Waals surface area contributed by atoms with Gasteiger partial charge in [-0.2, -0.15) is 0 Å². The first-order valence-corrected chi connectivity index (χ1v) is 5.79. The lowest BCUT2D eigenvalue weighted by molar-refractivity contribution is 0.0792. The van der Waals surface area contributed by atoms with E-state index in [0.29, 0.717) is 0 Å². The van der Waals surface area contributed by atoms with Crippen molar-refractivity contribution in [2.24, 2.45) is 10.9 Å². The number of methoxy groups -OCH3 is 1. The molecule has 0 aliphatic heterocycles. The van der Waals surface area contributed by atoms with Crippen molar-refractivity contribution in [1.82, 2.24) is 0 Å². The van der Waals surface area contributed by atoms with E-state index in [0.717, 1.165) is 12.2 Å². The lowest BCUT2D eigenvalue weighted by Crippen LogP contribution is -2.38. The van der Waals surface area contributed by atoms with E-state index in [1.807, 2.05) is 24.3 Å². The number of nitrogens with zero attached hydrogens (tertiary/aromatic N) is 1. The van der Waals surface area contributed by atoms with Crippen LogP contribution in [0.2, 0.25) is 0 Å². The van der Waals surface area contributed by atoms with E-state index in [1.165, 1.54) is 24.8 Å². The number of amidine groups is 1. The zero-order valence-electron chi connectivity index (χ0n) is 10.0. The van der Waals surface area contributed by atoms with Gasteiger partial charge in [0.15, 0.2) is 5.84 Å². The van der Waals surface area contributed by atoms with Crippen LogP contribution in [0.4, 0.5) is 0 Å². The Bertz CT molecular complexity index is 408. The van der Waals surface area contributed by atoms with Gasteiger partial charge in [0.1, 0.15) is 0 Å². The van der Waals surface area contributed by atoms with E-state index in [9.17, 15) is 0 Å². The highest BCUT2D eigenvalue weighted by Gasteiger charge is 2.38. The van der Waals surface area contributed by atoms with Crippen LogP contribution in [0.5, 0.6) is 0 Å². The largest absolute Gasteiger partial charge is 0.409 e. The van der Waals surface area contributed by atoms with E-state index in [4.69, 9.17) is 15.7 Å². The summed E-state index contributed by atoms with van der Waals surface area (Å²) in [5, 5.41) is 11.6.